The highest BCUT2D eigenvalue weighted by Gasteiger charge is 2.16. The molecule has 3 aromatic rings. The maximum absolute atomic E-state index is 6.30. The molecule has 20 heavy (non-hydrogen) atoms. The molecule has 0 bridgehead atoms. The molecule has 0 spiro atoms. The van der Waals surface area contributed by atoms with Crippen LogP contribution in [0.2, 0.25) is 0 Å². The second-order valence-electron chi connectivity index (χ2n) is 4.97. The van der Waals surface area contributed by atoms with E-state index in [-0.39, 0.29) is 5.38 Å². The zero-order chi connectivity index (χ0) is 14.3. The van der Waals surface area contributed by atoms with Crippen molar-refractivity contribution in [3.05, 3.63) is 45.7 Å². The Morgan fingerprint density at radius 2 is 2.10 bits per heavy atom. The molecule has 1 aromatic carbocycles. The molecule has 5 heteroatoms. The average molecular weight is 306 g/mol. The van der Waals surface area contributed by atoms with Crippen LogP contribution in [0, 0.1) is 13.8 Å². The molecule has 104 valence electrons. The molecule has 1 atom stereocenters. The number of alkyl halides is 1. The van der Waals surface area contributed by atoms with Gasteiger partial charge in [0.2, 0.25) is 0 Å². The van der Waals surface area contributed by atoms with E-state index >= 15 is 0 Å². The third-order valence-corrected chi connectivity index (χ3v) is 4.37. The number of benzene rings is 1. The lowest BCUT2D eigenvalue weighted by molar-refractivity contribution is 0.729. The number of nitrogens with zero attached hydrogens (tertiary/aromatic N) is 3. The van der Waals surface area contributed by atoms with Gasteiger partial charge in [0.1, 0.15) is 5.82 Å². The number of hydrogen-bond acceptors (Lipinski definition) is 3. The van der Waals surface area contributed by atoms with Crippen LogP contribution in [0.4, 0.5) is 0 Å². The van der Waals surface area contributed by atoms with Gasteiger partial charge in [-0.1, -0.05) is 12.1 Å². The van der Waals surface area contributed by atoms with Crippen LogP contribution in [0.15, 0.2) is 23.6 Å². The fourth-order valence-corrected chi connectivity index (χ4v) is 3.19. The fourth-order valence-electron chi connectivity index (χ4n) is 2.42. The minimum Gasteiger partial charge on any atom is -0.321 e. The number of hydrogen-bond donors (Lipinski definition) is 0. The number of imidazole rings is 1. The van der Waals surface area contributed by atoms with Crippen molar-refractivity contribution in [1.29, 1.82) is 0 Å². The minimum atomic E-state index is -0.124. The number of halogens is 1. The summed E-state index contributed by atoms with van der Waals surface area (Å²) in [6, 6.07) is 6.23. The summed E-state index contributed by atoms with van der Waals surface area (Å²) in [5.74, 6) is 0.904. The maximum atomic E-state index is 6.30. The first kappa shape index (κ1) is 13.6. The van der Waals surface area contributed by atoms with E-state index in [2.05, 4.69) is 40.1 Å². The lowest BCUT2D eigenvalue weighted by Crippen LogP contribution is -2.06. The molecule has 2 heterocycles. The van der Waals surface area contributed by atoms with Crippen LogP contribution in [0.1, 0.15) is 34.4 Å². The summed E-state index contributed by atoms with van der Waals surface area (Å²) in [4.78, 5) is 9.26. The molecule has 0 saturated heterocycles. The molecule has 3 rings (SSSR count). The van der Waals surface area contributed by atoms with Crippen LogP contribution in [0.25, 0.3) is 11.0 Å². The summed E-state index contributed by atoms with van der Waals surface area (Å²) in [5.41, 5.74) is 4.39. The monoisotopic (exact) mass is 305 g/mol. The van der Waals surface area contributed by atoms with E-state index in [1.54, 1.807) is 11.3 Å². The highest BCUT2D eigenvalue weighted by Crippen LogP contribution is 2.27. The molecular formula is C15H16ClN3S. The van der Waals surface area contributed by atoms with Gasteiger partial charge in [0, 0.05) is 5.38 Å². The normalized spacial score (nSPS) is 13.0. The molecule has 1 unspecified atom stereocenters. The lowest BCUT2D eigenvalue weighted by Gasteiger charge is -2.08. The number of aromatic nitrogens is 3. The molecule has 0 fully saturated rings. The molecule has 0 aliphatic carbocycles. The van der Waals surface area contributed by atoms with Crippen molar-refractivity contribution in [3.8, 4) is 0 Å². The Balaban J connectivity index is 2.16. The first-order chi connectivity index (χ1) is 9.56. The van der Waals surface area contributed by atoms with Crippen LogP contribution in [0.5, 0.6) is 0 Å². The Kier molecular flexibility index (Phi) is 3.52. The molecule has 2 aromatic heterocycles. The van der Waals surface area contributed by atoms with Gasteiger partial charge in [-0.25, -0.2) is 9.97 Å². The summed E-state index contributed by atoms with van der Waals surface area (Å²) in [5, 5.41) is 3.06. The Morgan fingerprint density at radius 3 is 2.75 bits per heavy atom. The van der Waals surface area contributed by atoms with Gasteiger partial charge in [0.05, 0.1) is 33.7 Å². The van der Waals surface area contributed by atoms with Crippen molar-refractivity contribution in [1.82, 2.24) is 14.5 Å². The van der Waals surface area contributed by atoms with Crippen LogP contribution < -0.4 is 0 Å². The lowest BCUT2D eigenvalue weighted by atomic mass is 10.2. The summed E-state index contributed by atoms with van der Waals surface area (Å²) < 4.78 is 2.18. The zero-order valence-corrected chi connectivity index (χ0v) is 13.3. The van der Waals surface area contributed by atoms with Gasteiger partial charge in [-0.3, -0.25) is 0 Å². The average Bonchev–Trinajstić information content (AvgIpc) is 2.96. The third-order valence-electron chi connectivity index (χ3n) is 3.35. The Hall–Kier alpha value is -1.39. The Bertz CT molecular complexity index is 758. The molecular weight excluding hydrogens is 290 g/mol. The second kappa shape index (κ2) is 5.19. The van der Waals surface area contributed by atoms with Crippen molar-refractivity contribution in [2.75, 3.05) is 0 Å². The highest BCUT2D eigenvalue weighted by molar-refractivity contribution is 7.09. The van der Waals surface area contributed by atoms with Gasteiger partial charge in [0.25, 0.3) is 0 Å². The molecule has 0 saturated carbocycles. The van der Waals surface area contributed by atoms with Gasteiger partial charge < -0.3 is 4.57 Å². The SMILES string of the molecule is Cc1nc(Cn2c(C(C)Cl)nc3c(C)cccc32)cs1. The number of thiazole rings is 1. The fraction of sp³-hybridized carbons (Fsp3) is 0.333. The zero-order valence-electron chi connectivity index (χ0n) is 11.7. The van der Waals surface area contributed by atoms with Gasteiger partial charge >= 0.3 is 0 Å². The smallest absolute Gasteiger partial charge is 0.128 e. The molecule has 0 N–H and O–H groups in total. The second-order valence-corrected chi connectivity index (χ2v) is 6.69. The van der Waals surface area contributed by atoms with Crippen LogP contribution >= 0.6 is 22.9 Å². The van der Waals surface area contributed by atoms with E-state index in [0.29, 0.717) is 0 Å². The van der Waals surface area contributed by atoms with E-state index < -0.39 is 0 Å². The predicted molar refractivity (Wildman–Crippen MR) is 84.7 cm³/mol. The highest BCUT2D eigenvalue weighted by atomic mass is 35.5. The largest absolute Gasteiger partial charge is 0.321 e. The maximum Gasteiger partial charge on any atom is 0.128 e. The molecule has 0 amide bonds. The van der Waals surface area contributed by atoms with Crippen molar-refractivity contribution in [3.63, 3.8) is 0 Å². The van der Waals surface area contributed by atoms with Crippen molar-refractivity contribution >= 4 is 34.0 Å². The number of fused-ring (bicyclic) bond motifs is 1. The number of rotatable bonds is 3. The van der Waals surface area contributed by atoms with Crippen LogP contribution in [-0.2, 0) is 6.54 Å². The van der Waals surface area contributed by atoms with E-state index in [1.165, 1.54) is 5.56 Å². The molecule has 0 radical (unpaired) electrons. The number of para-hydroxylation sites is 1. The van der Waals surface area contributed by atoms with E-state index in [4.69, 9.17) is 16.6 Å². The van der Waals surface area contributed by atoms with Crippen LogP contribution in [0.3, 0.4) is 0 Å². The molecule has 0 aliphatic heterocycles. The van der Waals surface area contributed by atoms with E-state index in [0.717, 1.165) is 34.1 Å². The Labute approximate surface area is 127 Å². The summed E-state index contributed by atoms with van der Waals surface area (Å²) in [7, 11) is 0. The van der Waals surface area contributed by atoms with Crippen molar-refractivity contribution in [2.24, 2.45) is 0 Å². The van der Waals surface area contributed by atoms with Crippen LogP contribution in [-0.4, -0.2) is 14.5 Å². The van der Waals surface area contributed by atoms with E-state index in [9.17, 15) is 0 Å². The standard InChI is InChI=1S/C15H16ClN3S/c1-9-5-4-6-13-14(9)18-15(10(2)16)19(13)7-12-8-20-11(3)17-12/h4-6,8,10H,7H2,1-3H3. The van der Waals surface area contributed by atoms with Crippen molar-refractivity contribution < 1.29 is 0 Å². The first-order valence-electron chi connectivity index (χ1n) is 6.57. The predicted octanol–water partition coefficient (Wildman–Crippen LogP) is 4.46. The molecule has 3 nitrogen and oxygen atoms in total. The van der Waals surface area contributed by atoms with Gasteiger partial charge in [0.15, 0.2) is 0 Å². The van der Waals surface area contributed by atoms with Gasteiger partial charge in [-0.05, 0) is 32.4 Å². The van der Waals surface area contributed by atoms with Crippen molar-refractivity contribution in [2.45, 2.75) is 32.7 Å². The first-order valence-corrected chi connectivity index (χ1v) is 7.88. The quantitative estimate of drug-likeness (QED) is 0.669. The number of aryl methyl sites for hydroxylation is 2. The molecule has 0 aliphatic rings. The minimum absolute atomic E-state index is 0.124. The van der Waals surface area contributed by atoms with Gasteiger partial charge in [-0.2, -0.15) is 0 Å². The topological polar surface area (TPSA) is 30.7 Å². The summed E-state index contributed by atoms with van der Waals surface area (Å²) in [6.45, 7) is 6.78. The summed E-state index contributed by atoms with van der Waals surface area (Å²) >= 11 is 7.97. The Morgan fingerprint density at radius 1 is 1.30 bits per heavy atom. The van der Waals surface area contributed by atoms with Gasteiger partial charge in [-0.15, -0.1) is 22.9 Å². The van der Waals surface area contributed by atoms with E-state index in [1.807, 2.05) is 13.8 Å². The third kappa shape index (κ3) is 2.34. The summed E-state index contributed by atoms with van der Waals surface area (Å²) in [6.07, 6.45) is 0.